The fourth-order valence-electron chi connectivity index (χ4n) is 7.64. The van der Waals surface area contributed by atoms with E-state index in [0.717, 1.165) is 38.7 Å². The monoisotopic (exact) mass is 924 g/mol. The van der Waals surface area contributed by atoms with E-state index < -0.39 is 39.8 Å². The Morgan fingerprint density at radius 2 is 1.59 bits per heavy atom. The van der Waals surface area contributed by atoms with E-state index in [2.05, 4.69) is 15.7 Å². The molecule has 1 aliphatic heterocycles. The number of hydrogen-bond acceptors (Lipinski definition) is 11. The number of aromatic nitrogens is 2. The molecule has 0 spiro atoms. The van der Waals surface area contributed by atoms with Crippen LogP contribution in [-0.2, 0) is 43.4 Å². The molecular weight excluding hydrogens is 864 g/mol. The third-order valence-electron chi connectivity index (χ3n) is 10.7. The van der Waals surface area contributed by atoms with Gasteiger partial charge in [-0.3, -0.25) is 29.7 Å². The molecule has 2 heterocycles. The van der Waals surface area contributed by atoms with Gasteiger partial charge in [-0.25, -0.2) is 4.79 Å². The SMILES string of the molecule is COc1cc(Cn2ncc3c(-c4cccc(-c5ccc(CN(C[C@@H]6CCC(=O)N6)C(=O)OC(C)(C)C)cc5)c4Cl)cccc32)c([N+](=O)[O-])cc1CN[C@@H](COC(C)(C)C)C(=O)OC(C)(C)C. The van der Waals surface area contributed by atoms with Crippen molar-refractivity contribution in [1.29, 1.82) is 0 Å². The van der Waals surface area contributed by atoms with Crippen LogP contribution in [0.1, 0.15) is 91.8 Å². The van der Waals surface area contributed by atoms with E-state index >= 15 is 0 Å². The molecule has 0 saturated carbocycles. The summed E-state index contributed by atoms with van der Waals surface area (Å²) in [5.74, 6) is -0.123. The highest BCUT2D eigenvalue weighted by Crippen LogP contribution is 2.40. The predicted molar refractivity (Wildman–Crippen MR) is 254 cm³/mol. The lowest BCUT2D eigenvalue weighted by Gasteiger charge is -2.29. The minimum Gasteiger partial charge on any atom is -0.496 e. The highest BCUT2D eigenvalue weighted by atomic mass is 35.5. The highest BCUT2D eigenvalue weighted by Gasteiger charge is 2.30. The quantitative estimate of drug-likeness (QED) is 0.0547. The van der Waals surface area contributed by atoms with E-state index in [1.54, 1.807) is 42.6 Å². The number of carbonyl (C=O) groups excluding carboxylic acids is 3. The number of nitrogens with one attached hydrogen (secondary N) is 2. The molecule has 16 heteroatoms. The number of ether oxygens (including phenoxy) is 4. The van der Waals surface area contributed by atoms with Gasteiger partial charge in [-0.05, 0) is 97.6 Å². The Hall–Kier alpha value is -6.03. The molecule has 66 heavy (non-hydrogen) atoms. The van der Waals surface area contributed by atoms with Gasteiger partial charge in [0.2, 0.25) is 5.91 Å². The molecule has 352 valence electrons. The summed E-state index contributed by atoms with van der Waals surface area (Å²) in [6.07, 6.45) is 2.37. The molecule has 5 aromatic rings. The van der Waals surface area contributed by atoms with Crippen molar-refractivity contribution < 1.29 is 38.3 Å². The van der Waals surface area contributed by atoms with E-state index in [4.69, 9.17) is 30.5 Å². The first-order chi connectivity index (χ1) is 31.0. The van der Waals surface area contributed by atoms with E-state index in [0.29, 0.717) is 47.8 Å². The Bertz CT molecular complexity index is 2570. The number of halogens is 1. The van der Waals surface area contributed by atoms with Gasteiger partial charge in [0.05, 0.1) is 53.1 Å². The van der Waals surface area contributed by atoms with Gasteiger partial charge in [-0.2, -0.15) is 5.10 Å². The van der Waals surface area contributed by atoms with Crippen LogP contribution in [0.3, 0.4) is 0 Å². The fourth-order valence-corrected chi connectivity index (χ4v) is 7.97. The maximum atomic E-state index is 13.2. The van der Waals surface area contributed by atoms with Gasteiger partial charge in [0, 0.05) is 60.2 Å². The van der Waals surface area contributed by atoms with Gasteiger partial charge in [0.1, 0.15) is 23.0 Å². The van der Waals surface area contributed by atoms with Crippen molar-refractivity contribution in [2.24, 2.45) is 0 Å². The molecule has 4 aromatic carbocycles. The molecule has 1 fully saturated rings. The van der Waals surface area contributed by atoms with Gasteiger partial charge in [0.15, 0.2) is 0 Å². The number of nitrogens with zero attached hydrogens (tertiary/aromatic N) is 4. The van der Waals surface area contributed by atoms with Crippen LogP contribution in [-0.4, -0.2) is 86.7 Å². The second-order valence-electron chi connectivity index (χ2n) is 19.5. The molecule has 1 saturated heterocycles. The number of nitro benzene ring substituents is 1. The lowest BCUT2D eigenvalue weighted by molar-refractivity contribution is -0.385. The van der Waals surface area contributed by atoms with Gasteiger partial charge < -0.3 is 29.2 Å². The van der Waals surface area contributed by atoms with Gasteiger partial charge in [0.25, 0.3) is 5.69 Å². The summed E-state index contributed by atoms with van der Waals surface area (Å²) in [4.78, 5) is 52.1. The van der Waals surface area contributed by atoms with Crippen LogP contribution in [0, 0.1) is 10.1 Å². The second kappa shape index (κ2) is 20.2. The van der Waals surface area contributed by atoms with Crippen LogP contribution in [0.2, 0.25) is 5.02 Å². The largest absolute Gasteiger partial charge is 0.496 e. The van der Waals surface area contributed by atoms with Crippen LogP contribution >= 0.6 is 11.6 Å². The van der Waals surface area contributed by atoms with E-state index in [1.165, 1.54) is 13.2 Å². The summed E-state index contributed by atoms with van der Waals surface area (Å²) in [7, 11) is 1.49. The van der Waals surface area contributed by atoms with Gasteiger partial charge in [-0.15, -0.1) is 0 Å². The van der Waals surface area contributed by atoms with Crippen molar-refractivity contribution >= 4 is 46.2 Å². The minimum atomic E-state index is -0.848. The van der Waals surface area contributed by atoms with Crippen LogP contribution in [0.15, 0.2) is 79.0 Å². The molecule has 1 aliphatic rings. The zero-order valence-electron chi connectivity index (χ0n) is 39.5. The zero-order valence-corrected chi connectivity index (χ0v) is 40.2. The first kappa shape index (κ1) is 49.4. The lowest BCUT2D eigenvalue weighted by Crippen LogP contribution is -2.45. The first-order valence-corrected chi connectivity index (χ1v) is 22.4. The summed E-state index contributed by atoms with van der Waals surface area (Å²) in [6.45, 7) is 17.3. The summed E-state index contributed by atoms with van der Waals surface area (Å²) < 4.78 is 24.7. The summed E-state index contributed by atoms with van der Waals surface area (Å²) in [5.41, 5.74) is 3.71. The van der Waals surface area contributed by atoms with Crippen molar-refractivity contribution in [3.8, 4) is 28.0 Å². The van der Waals surface area contributed by atoms with Crippen molar-refractivity contribution in [2.75, 3.05) is 20.3 Å². The van der Waals surface area contributed by atoms with Gasteiger partial charge >= 0.3 is 12.1 Å². The van der Waals surface area contributed by atoms with Crippen molar-refractivity contribution in [2.45, 2.75) is 124 Å². The van der Waals surface area contributed by atoms with Crippen LogP contribution in [0.4, 0.5) is 10.5 Å². The highest BCUT2D eigenvalue weighted by molar-refractivity contribution is 6.36. The molecule has 2 N–H and O–H groups in total. The molecule has 0 aliphatic carbocycles. The molecule has 15 nitrogen and oxygen atoms in total. The average Bonchev–Trinajstić information content (AvgIpc) is 3.84. The Labute approximate surface area is 391 Å². The number of esters is 1. The topological polar surface area (TPSA) is 176 Å². The van der Waals surface area contributed by atoms with E-state index in [1.807, 2.05) is 102 Å². The number of rotatable bonds is 16. The smallest absolute Gasteiger partial charge is 0.410 e. The standard InChI is InChI=1S/C50H61ClN6O9/c1-48(2,3)64-30-40(46(59)65-49(4,5)6)52-25-33-23-42(57(61)62)34(24-43(33)63-10)28-56-41-16-12-14-37(39(41)26-53-56)38-15-11-13-36(45(38)51)32-19-17-31(18-20-32)27-55(47(60)66-50(7,8)9)29-35-21-22-44(58)54-35/h11-20,23-24,26,35,40,52H,21-22,25,27-30H2,1-10H3,(H,54,58)/t35-,40-/m0/s1. The maximum Gasteiger partial charge on any atom is 0.410 e. The van der Waals surface area contributed by atoms with Crippen molar-refractivity contribution in [1.82, 2.24) is 25.3 Å². The summed E-state index contributed by atoms with van der Waals surface area (Å²) in [6, 6.07) is 21.5. The molecule has 0 radical (unpaired) electrons. The summed E-state index contributed by atoms with van der Waals surface area (Å²) >= 11 is 7.22. The van der Waals surface area contributed by atoms with E-state index in [9.17, 15) is 24.5 Å². The van der Waals surface area contributed by atoms with Gasteiger partial charge in [-0.1, -0.05) is 66.2 Å². The van der Waals surface area contributed by atoms with Crippen molar-refractivity contribution in [3.63, 3.8) is 0 Å². The molecular formula is C50H61ClN6O9. The number of fused-ring (bicyclic) bond motifs is 1. The third-order valence-corrected chi connectivity index (χ3v) is 11.1. The molecule has 2 amide bonds. The number of amides is 2. The molecule has 6 rings (SSSR count). The van der Waals surface area contributed by atoms with Crippen LogP contribution in [0.5, 0.6) is 5.75 Å². The Balaban J connectivity index is 1.23. The number of methoxy groups -OCH3 is 1. The third kappa shape index (κ3) is 12.9. The molecule has 2 atom stereocenters. The second-order valence-corrected chi connectivity index (χ2v) is 19.9. The van der Waals surface area contributed by atoms with Crippen LogP contribution < -0.4 is 15.4 Å². The lowest BCUT2D eigenvalue weighted by atomic mass is 9.96. The molecule has 1 aromatic heterocycles. The normalized spacial score (nSPS) is 14.8. The Morgan fingerprint density at radius 1 is 0.924 bits per heavy atom. The zero-order chi connectivity index (χ0) is 48.1. The van der Waals surface area contributed by atoms with E-state index in [-0.39, 0.29) is 37.3 Å². The fraction of sp³-hybridized carbons (Fsp3) is 0.440. The van der Waals surface area contributed by atoms with Crippen LogP contribution in [0.25, 0.3) is 33.2 Å². The molecule has 0 unspecified atom stereocenters. The van der Waals surface area contributed by atoms with Crippen molar-refractivity contribution in [3.05, 3.63) is 111 Å². The Kier molecular flexibility index (Phi) is 15.1. The Morgan fingerprint density at radius 3 is 2.21 bits per heavy atom. The number of hydrogen-bond donors (Lipinski definition) is 2. The predicted octanol–water partition coefficient (Wildman–Crippen LogP) is 9.62. The summed E-state index contributed by atoms with van der Waals surface area (Å²) in [5, 5.41) is 24.7. The number of nitro groups is 1. The maximum absolute atomic E-state index is 13.2. The first-order valence-electron chi connectivity index (χ1n) is 22.0. The minimum absolute atomic E-state index is 0.0206. The number of carbonyl (C=O) groups is 3. The number of benzene rings is 4. The molecule has 0 bridgehead atoms. The average molecular weight is 926 g/mol.